The van der Waals surface area contributed by atoms with Crippen LogP contribution in [0.2, 0.25) is 5.02 Å². The number of amides is 1. The van der Waals surface area contributed by atoms with Gasteiger partial charge in [0.2, 0.25) is 0 Å². The Morgan fingerprint density at radius 2 is 1.76 bits per heavy atom. The number of halogens is 2. The van der Waals surface area contributed by atoms with Gasteiger partial charge in [0.05, 0.1) is 0 Å². The quantitative estimate of drug-likeness (QED) is 0.253. The Morgan fingerprint density at radius 3 is 2.40 bits per heavy atom. The summed E-state index contributed by atoms with van der Waals surface area (Å²) in [5, 5.41) is 0.650. The van der Waals surface area contributed by atoms with Crippen LogP contribution in [0.1, 0.15) is 56.1 Å². The molecule has 3 aromatic rings. The summed E-state index contributed by atoms with van der Waals surface area (Å²) in [6.45, 7) is 3.74. The van der Waals surface area contributed by atoms with Gasteiger partial charge in [-0.05, 0) is 85.7 Å². The van der Waals surface area contributed by atoms with Gasteiger partial charge >= 0.3 is 6.09 Å². The number of benzene rings is 2. The third-order valence-corrected chi connectivity index (χ3v) is 8.84. The highest BCUT2D eigenvalue weighted by atomic mass is 35.5. The lowest BCUT2D eigenvalue weighted by Crippen LogP contribution is -2.44. The largest absolute Gasteiger partial charge is 0.415 e. The van der Waals surface area contributed by atoms with Gasteiger partial charge in [0, 0.05) is 55.7 Å². The smallest absolute Gasteiger partial charge is 0.410 e. The van der Waals surface area contributed by atoms with Gasteiger partial charge < -0.3 is 14.5 Å². The molecule has 2 atom stereocenters. The number of Topliss-reactive ketones (excluding diaryl/α,β-unsaturated/α-hetero) is 1. The van der Waals surface area contributed by atoms with E-state index in [0.717, 1.165) is 49.3 Å². The first-order valence-corrected chi connectivity index (χ1v) is 15.0. The Kier molecular flexibility index (Phi) is 9.58. The molecule has 2 aliphatic rings. The monoisotopic (exact) mass is 589 g/mol. The second-order valence-corrected chi connectivity index (χ2v) is 11.7. The van der Waals surface area contributed by atoms with Gasteiger partial charge in [0.1, 0.15) is 23.2 Å². The molecule has 6 nitrogen and oxygen atoms in total. The molecule has 0 N–H and O–H groups in total. The SMILES string of the molecule is CCc1ccc(N2CCC(C(=O)CC3=CCC(c4ccc(Cl)cc4)C(N(C)C(=O)Oc4ccc(F)cc4)C3)CC2)nc1. The number of carbonyl (C=O) groups is 2. The van der Waals surface area contributed by atoms with Crippen molar-refractivity contribution in [3.05, 3.63) is 100 Å². The number of ether oxygens (including phenoxy) is 1. The van der Waals surface area contributed by atoms with Crippen LogP contribution in [-0.4, -0.2) is 47.9 Å². The molecule has 0 bridgehead atoms. The van der Waals surface area contributed by atoms with Gasteiger partial charge in [-0.2, -0.15) is 0 Å². The predicted octanol–water partition coefficient (Wildman–Crippen LogP) is 7.62. The normalized spacial score (nSPS) is 19.2. The van der Waals surface area contributed by atoms with E-state index in [1.165, 1.54) is 29.8 Å². The predicted molar refractivity (Wildman–Crippen MR) is 164 cm³/mol. The molecule has 1 aliphatic heterocycles. The number of hydrogen-bond acceptors (Lipinski definition) is 5. The highest BCUT2D eigenvalue weighted by Crippen LogP contribution is 2.38. The van der Waals surface area contributed by atoms with Crippen molar-refractivity contribution in [2.24, 2.45) is 5.92 Å². The summed E-state index contributed by atoms with van der Waals surface area (Å²) in [6, 6.07) is 17.0. The van der Waals surface area contributed by atoms with Crippen LogP contribution in [0, 0.1) is 11.7 Å². The molecule has 8 heteroatoms. The van der Waals surface area contributed by atoms with E-state index < -0.39 is 11.9 Å². The number of likely N-dealkylation sites (N-methyl/N-ethyl adjacent to an activating group) is 1. The number of rotatable bonds is 8. The molecule has 1 aliphatic carbocycles. The van der Waals surface area contributed by atoms with Crippen LogP contribution < -0.4 is 9.64 Å². The molecule has 1 aromatic heterocycles. The molecule has 2 aromatic carbocycles. The summed E-state index contributed by atoms with van der Waals surface area (Å²) in [7, 11) is 1.72. The van der Waals surface area contributed by atoms with Gasteiger partial charge in [-0.25, -0.2) is 14.2 Å². The van der Waals surface area contributed by atoms with E-state index in [1.807, 2.05) is 30.5 Å². The van der Waals surface area contributed by atoms with E-state index in [9.17, 15) is 14.0 Å². The Labute approximate surface area is 252 Å². The number of carbonyl (C=O) groups excluding carboxylic acids is 2. The molecule has 220 valence electrons. The van der Waals surface area contributed by atoms with Crippen LogP contribution in [0.3, 0.4) is 0 Å². The number of ketones is 1. The maximum absolute atomic E-state index is 13.4. The zero-order valence-corrected chi connectivity index (χ0v) is 24.9. The fourth-order valence-corrected chi connectivity index (χ4v) is 6.11. The molecule has 42 heavy (non-hydrogen) atoms. The summed E-state index contributed by atoms with van der Waals surface area (Å²) in [6.07, 6.45) is 7.82. The standard InChI is InChI=1S/C34H37ClFN3O3/c1-3-23-5-15-33(37-22-23)39-18-16-26(17-19-39)32(40)21-24-4-14-30(25-6-8-27(35)9-7-25)31(20-24)38(2)34(41)42-29-12-10-28(36)11-13-29/h4-13,15,22,26,30-31H,3,14,16-21H2,1-2H3. The van der Waals surface area contributed by atoms with Gasteiger partial charge in [0.15, 0.2) is 0 Å². The highest BCUT2D eigenvalue weighted by Gasteiger charge is 2.35. The average Bonchev–Trinajstić information content (AvgIpc) is 3.02. The lowest BCUT2D eigenvalue weighted by atomic mass is 9.77. The topological polar surface area (TPSA) is 62.7 Å². The number of aromatic nitrogens is 1. The van der Waals surface area contributed by atoms with E-state index in [1.54, 1.807) is 11.9 Å². The Bertz CT molecular complexity index is 1400. The summed E-state index contributed by atoms with van der Waals surface area (Å²) in [5.74, 6) is 1.15. The van der Waals surface area contributed by atoms with E-state index in [-0.39, 0.29) is 29.4 Å². The molecule has 0 spiro atoms. The second kappa shape index (κ2) is 13.5. The third kappa shape index (κ3) is 7.19. The van der Waals surface area contributed by atoms with Crippen molar-refractivity contribution in [1.82, 2.24) is 9.88 Å². The van der Waals surface area contributed by atoms with Crippen molar-refractivity contribution < 1.29 is 18.7 Å². The van der Waals surface area contributed by atoms with Gasteiger partial charge in [-0.15, -0.1) is 0 Å². The lowest BCUT2D eigenvalue weighted by molar-refractivity contribution is -0.122. The van der Waals surface area contributed by atoms with E-state index in [2.05, 4.69) is 35.0 Å². The fraction of sp³-hybridized carbons (Fsp3) is 0.382. The van der Waals surface area contributed by atoms with Gasteiger partial charge in [0.25, 0.3) is 0 Å². The van der Waals surface area contributed by atoms with Gasteiger partial charge in [-0.1, -0.05) is 48.4 Å². The minimum atomic E-state index is -0.522. The first-order valence-electron chi connectivity index (χ1n) is 14.7. The molecule has 1 fully saturated rings. The number of hydrogen-bond donors (Lipinski definition) is 0. The minimum absolute atomic E-state index is 0.0155. The summed E-state index contributed by atoms with van der Waals surface area (Å²) < 4.78 is 18.9. The van der Waals surface area contributed by atoms with Gasteiger partial charge in [-0.3, -0.25) is 4.79 Å². The second-order valence-electron chi connectivity index (χ2n) is 11.2. The van der Waals surface area contributed by atoms with Crippen LogP contribution in [0.5, 0.6) is 5.75 Å². The highest BCUT2D eigenvalue weighted by molar-refractivity contribution is 6.30. The van der Waals surface area contributed by atoms with Crippen LogP contribution >= 0.6 is 11.6 Å². The van der Waals surface area contributed by atoms with E-state index >= 15 is 0 Å². The Morgan fingerprint density at radius 1 is 1.05 bits per heavy atom. The number of allylic oxidation sites excluding steroid dienone is 1. The number of nitrogens with zero attached hydrogens (tertiary/aromatic N) is 3. The molecule has 0 radical (unpaired) electrons. The number of piperidine rings is 1. The molecular formula is C34H37ClFN3O3. The first-order chi connectivity index (χ1) is 20.3. The molecule has 5 rings (SSSR count). The Hall–Kier alpha value is -3.71. The summed E-state index contributed by atoms with van der Waals surface area (Å²) in [4.78, 5) is 35.1. The van der Waals surface area contributed by atoms with Crippen molar-refractivity contribution in [3.63, 3.8) is 0 Å². The van der Waals surface area contributed by atoms with Crippen molar-refractivity contribution in [2.45, 2.75) is 57.4 Å². The molecule has 2 unspecified atom stereocenters. The van der Waals surface area contributed by atoms with Crippen LogP contribution in [0.25, 0.3) is 0 Å². The van der Waals surface area contributed by atoms with Crippen molar-refractivity contribution in [1.29, 1.82) is 0 Å². The number of pyridine rings is 1. The van der Waals surface area contributed by atoms with E-state index in [4.69, 9.17) is 16.3 Å². The molecule has 1 amide bonds. The number of aryl methyl sites for hydroxylation is 1. The molecule has 1 saturated heterocycles. The zero-order valence-electron chi connectivity index (χ0n) is 24.1. The van der Waals surface area contributed by atoms with Crippen molar-refractivity contribution in [2.75, 3.05) is 25.0 Å². The average molecular weight is 590 g/mol. The minimum Gasteiger partial charge on any atom is -0.410 e. The number of anilines is 1. The van der Waals surface area contributed by atoms with Crippen LogP contribution in [0.15, 0.2) is 78.5 Å². The van der Waals surface area contributed by atoms with Crippen LogP contribution in [-0.2, 0) is 11.2 Å². The molecule has 2 heterocycles. The van der Waals surface area contributed by atoms with E-state index in [0.29, 0.717) is 24.3 Å². The van der Waals surface area contributed by atoms with Crippen molar-refractivity contribution in [3.8, 4) is 5.75 Å². The first kappa shape index (κ1) is 29.8. The van der Waals surface area contributed by atoms with Crippen molar-refractivity contribution >= 4 is 29.3 Å². The Balaban J connectivity index is 1.24. The molecule has 0 saturated carbocycles. The maximum Gasteiger partial charge on any atom is 0.415 e. The zero-order chi connectivity index (χ0) is 29.6. The lowest BCUT2D eigenvalue weighted by Gasteiger charge is -2.38. The third-order valence-electron chi connectivity index (χ3n) is 8.59. The summed E-state index contributed by atoms with van der Waals surface area (Å²) >= 11 is 6.14. The molecular weight excluding hydrogens is 553 g/mol. The maximum atomic E-state index is 13.4. The fourth-order valence-electron chi connectivity index (χ4n) is 5.99. The van der Waals surface area contributed by atoms with Crippen LogP contribution in [0.4, 0.5) is 15.0 Å². The summed E-state index contributed by atoms with van der Waals surface area (Å²) in [5.41, 5.74) is 3.34.